The molecule has 0 saturated heterocycles. The molecule has 0 aliphatic heterocycles. The number of hydrogen-bond acceptors (Lipinski definition) is 5. The Hall–Kier alpha value is -3.58. The summed E-state index contributed by atoms with van der Waals surface area (Å²) in [7, 11) is 1.64. The second-order valence-electron chi connectivity index (χ2n) is 7.38. The van der Waals surface area contributed by atoms with Crippen LogP contribution in [0.2, 0.25) is 0 Å². The fourth-order valence-electron chi connectivity index (χ4n) is 3.26. The third kappa shape index (κ3) is 4.84. The second-order valence-corrected chi connectivity index (χ2v) is 8.32. The van der Waals surface area contributed by atoms with Crippen LogP contribution in [-0.4, -0.2) is 33.5 Å². The number of rotatable bonds is 7. The van der Waals surface area contributed by atoms with Gasteiger partial charge < -0.3 is 10.1 Å². The highest BCUT2D eigenvalue weighted by molar-refractivity contribution is 7.99. The van der Waals surface area contributed by atoms with Gasteiger partial charge in [-0.3, -0.25) is 9.36 Å². The summed E-state index contributed by atoms with van der Waals surface area (Å²) in [4.78, 5) is 12.5. The van der Waals surface area contributed by atoms with E-state index in [4.69, 9.17) is 4.74 Å². The Morgan fingerprint density at radius 2 is 1.59 bits per heavy atom. The molecule has 1 aromatic heterocycles. The average Bonchev–Trinajstić information content (AvgIpc) is 3.23. The summed E-state index contributed by atoms with van der Waals surface area (Å²) in [6, 6.07) is 23.6. The van der Waals surface area contributed by atoms with Crippen LogP contribution in [0.25, 0.3) is 17.1 Å². The van der Waals surface area contributed by atoms with Crippen LogP contribution in [0.5, 0.6) is 5.75 Å². The van der Waals surface area contributed by atoms with E-state index < -0.39 is 0 Å². The fraction of sp³-hybridized carbons (Fsp3) is 0.160. The molecular weight excluding hydrogens is 420 g/mol. The predicted octanol–water partition coefficient (Wildman–Crippen LogP) is 5.29. The number of anilines is 1. The number of methoxy groups -OCH3 is 1. The summed E-state index contributed by atoms with van der Waals surface area (Å²) in [6.45, 7) is 4.06. The van der Waals surface area contributed by atoms with E-state index >= 15 is 0 Å². The molecule has 6 nitrogen and oxygen atoms in total. The standard InChI is InChI=1S/C25H24N4O2S/c1-17-8-12-19(13-9-17)26-23(30)16-32-25-28-27-24(21-6-4-5-7-22(21)31-3)29(25)20-14-10-18(2)11-15-20/h4-15H,16H2,1-3H3,(H,26,30). The highest BCUT2D eigenvalue weighted by atomic mass is 32.2. The first-order valence-electron chi connectivity index (χ1n) is 10.2. The van der Waals surface area contributed by atoms with Gasteiger partial charge in [0, 0.05) is 11.4 Å². The minimum absolute atomic E-state index is 0.101. The molecule has 1 amide bonds. The first-order valence-corrected chi connectivity index (χ1v) is 11.2. The molecule has 0 unspecified atom stereocenters. The lowest BCUT2D eigenvalue weighted by atomic mass is 10.1. The van der Waals surface area contributed by atoms with Gasteiger partial charge in [-0.15, -0.1) is 10.2 Å². The number of nitrogens with one attached hydrogen (secondary N) is 1. The van der Waals surface area contributed by atoms with Crippen molar-refractivity contribution in [1.29, 1.82) is 0 Å². The zero-order valence-electron chi connectivity index (χ0n) is 18.2. The molecule has 0 aliphatic rings. The van der Waals surface area contributed by atoms with E-state index in [1.807, 2.05) is 91.2 Å². The molecule has 7 heteroatoms. The van der Waals surface area contributed by atoms with Crippen LogP contribution in [0.3, 0.4) is 0 Å². The van der Waals surface area contributed by atoms with Crippen molar-refractivity contribution in [3.8, 4) is 22.8 Å². The molecule has 0 radical (unpaired) electrons. The monoisotopic (exact) mass is 444 g/mol. The number of carbonyl (C=O) groups excluding carboxylic acids is 1. The second kappa shape index (κ2) is 9.70. The van der Waals surface area contributed by atoms with E-state index in [0.29, 0.717) is 16.7 Å². The van der Waals surface area contributed by atoms with Crippen LogP contribution >= 0.6 is 11.8 Å². The molecule has 0 atom stereocenters. The molecule has 32 heavy (non-hydrogen) atoms. The van der Waals surface area contributed by atoms with Crippen molar-refractivity contribution in [3.63, 3.8) is 0 Å². The normalized spacial score (nSPS) is 10.7. The Morgan fingerprint density at radius 3 is 2.28 bits per heavy atom. The van der Waals surface area contributed by atoms with Gasteiger partial charge >= 0.3 is 0 Å². The molecule has 1 N–H and O–H groups in total. The number of nitrogens with zero attached hydrogens (tertiary/aromatic N) is 3. The maximum atomic E-state index is 12.5. The summed E-state index contributed by atoms with van der Waals surface area (Å²) in [5, 5.41) is 12.4. The summed E-state index contributed by atoms with van der Waals surface area (Å²) < 4.78 is 7.50. The molecule has 0 fully saturated rings. The van der Waals surface area contributed by atoms with Gasteiger partial charge in [-0.25, -0.2) is 0 Å². The van der Waals surface area contributed by atoms with E-state index in [2.05, 4.69) is 15.5 Å². The van der Waals surface area contributed by atoms with Crippen molar-refractivity contribution in [2.24, 2.45) is 0 Å². The number of para-hydroxylation sites is 1. The van der Waals surface area contributed by atoms with E-state index in [1.54, 1.807) is 7.11 Å². The van der Waals surface area contributed by atoms with Crippen molar-refractivity contribution in [3.05, 3.63) is 83.9 Å². The maximum absolute atomic E-state index is 12.5. The van der Waals surface area contributed by atoms with Crippen molar-refractivity contribution in [2.45, 2.75) is 19.0 Å². The molecular formula is C25H24N4O2S. The van der Waals surface area contributed by atoms with Crippen molar-refractivity contribution in [2.75, 3.05) is 18.2 Å². The molecule has 1 heterocycles. The van der Waals surface area contributed by atoms with Gasteiger partial charge in [0.1, 0.15) is 5.75 Å². The Kier molecular flexibility index (Phi) is 6.56. The molecule has 0 aliphatic carbocycles. The van der Waals surface area contributed by atoms with E-state index in [-0.39, 0.29) is 11.7 Å². The van der Waals surface area contributed by atoms with Crippen molar-refractivity contribution >= 4 is 23.4 Å². The number of thioether (sulfide) groups is 1. The lowest BCUT2D eigenvalue weighted by Crippen LogP contribution is -2.14. The molecule has 4 rings (SSSR count). The van der Waals surface area contributed by atoms with Crippen LogP contribution in [0.4, 0.5) is 5.69 Å². The van der Waals surface area contributed by atoms with E-state index in [9.17, 15) is 4.79 Å². The third-order valence-corrected chi connectivity index (χ3v) is 5.87. The van der Waals surface area contributed by atoms with Gasteiger partial charge in [-0.2, -0.15) is 0 Å². The Balaban J connectivity index is 1.63. The van der Waals surface area contributed by atoms with Crippen molar-refractivity contribution < 1.29 is 9.53 Å². The number of carbonyl (C=O) groups is 1. The lowest BCUT2D eigenvalue weighted by Gasteiger charge is -2.13. The lowest BCUT2D eigenvalue weighted by molar-refractivity contribution is -0.113. The Bertz CT molecular complexity index is 1220. The molecule has 0 bridgehead atoms. The number of ether oxygens (including phenoxy) is 1. The predicted molar refractivity (Wildman–Crippen MR) is 129 cm³/mol. The molecule has 4 aromatic rings. The maximum Gasteiger partial charge on any atom is 0.234 e. The topological polar surface area (TPSA) is 69.0 Å². The zero-order valence-corrected chi connectivity index (χ0v) is 19.0. The number of amides is 1. The minimum atomic E-state index is -0.101. The van der Waals surface area contributed by atoms with Gasteiger partial charge in [0.25, 0.3) is 0 Å². The van der Waals surface area contributed by atoms with Gasteiger partial charge in [-0.05, 0) is 50.2 Å². The SMILES string of the molecule is COc1ccccc1-c1nnc(SCC(=O)Nc2ccc(C)cc2)n1-c1ccc(C)cc1. The van der Waals surface area contributed by atoms with E-state index in [0.717, 1.165) is 28.1 Å². The summed E-state index contributed by atoms with van der Waals surface area (Å²) >= 11 is 1.34. The summed E-state index contributed by atoms with van der Waals surface area (Å²) in [5.41, 5.74) is 4.83. The summed E-state index contributed by atoms with van der Waals surface area (Å²) in [5.74, 6) is 1.48. The van der Waals surface area contributed by atoms with Crippen LogP contribution in [0.1, 0.15) is 11.1 Å². The van der Waals surface area contributed by atoms with Gasteiger partial charge in [0.15, 0.2) is 11.0 Å². The Morgan fingerprint density at radius 1 is 0.938 bits per heavy atom. The zero-order chi connectivity index (χ0) is 22.5. The van der Waals surface area contributed by atoms with Gasteiger partial charge in [0.05, 0.1) is 18.4 Å². The third-order valence-electron chi connectivity index (χ3n) is 4.94. The smallest absolute Gasteiger partial charge is 0.234 e. The van der Waals surface area contributed by atoms with E-state index in [1.165, 1.54) is 11.8 Å². The molecule has 3 aromatic carbocycles. The van der Waals surface area contributed by atoms with Crippen LogP contribution in [0, 0.1) is 13.8 Å². The molecule has 162 valence electrons. The largest absolute Gasteiger partial charge is 0.496 e. The first kappa shape index (κ1) is 21.6. The number of benzene rings is 3. The first-order chi connectivity index (χ1) is 15.5. The highest BCUT2D eigenvalue weighted by Gasteiger charge is 2.19. The van der Waals surface area contributed by atoms with Gasteiger partial charge in [-0.1, -0.05) is 59.3 Å². The fourth-order valence-corrected chi connectivity index (χ4v) is 4.01. The highest BCUT2D eigenvalue weighted by Crippen LogP contribution is 2.33. The van der Waals surface area contributed by atoms with Crippen LogP contribution < -0.4 is 10.1 Å². The number of aryl methyl sites for hydroxylation is 2. The van der Waals surface area contributed by atoms with Crippen LogP contribution in [-0.2, 0) is 4.79 Å². The van der Waals surface area contributed by atoms with Crippen LogP contribution in [0.15, 0.2) is 78.0 Å². The van der Waals surface area contributed by atoms with Crippen molar-refractivity contribution in [1.82, 2.24) is 14.8 Å². The summed E-state index contributed by atoms with van der Waals surface area (Å²) in [6.07, 6.45) is 0. The Labute approximate surface area is 191 Å². The quantitative estimate of drug-likeness (QED) is 0.392. The average molecular weight is 445 g/mol. The molecule has 0 saturated carbocycles. The molecule has 0 spiro atoms. The van der Waals surface area contributed by atoms with Gasteiger partial charge in [0.2, 0.25) is 5.91 Å². The minimum Gasteiger partial charge on any atom is -0.496 e. The number of hydrogen-bond donors (Lipinski definition) is 1. The number of aromatic nitrogens is 3.